The molecule has 1 aromatic heterocycles. The third kappa shape index (κ3) is 2.50. The van der Waals surface area contributed by atoms with Crippen LogP contribution in [0.25, 0.3) is 0 Å². The fourth-order valence-corrected chi connectivity index (χ4v) is 1.56. The van der Waals surface area contributed by atoms with Crippen LogP contribution in [0.15, 0.2) is 24.5 Å². The molecule has 0 amide bonds. The molecule has 3 heteroatoms. The molecule has 2 rings (SSSR count). The average molecular weight is 176 g/mol. The van der Waals surface area contributed by atoms with Gasteiger partial charge in [0.25, 0.3) is 0 Å². The van der Waals surface area contributed by atoms with Gasteiger partial charge in [-0.3, -0.25) is 9.88 Å². The molecule has 0 unspecified atom stereocenters. The second-order valence-corrected chi connectivity index (χ2v) is 3.31. The predicted molar refractivity (Wildman–Crippen MR) is 51.4 cm³/mol. The van der Waals surface area contributed by atoms with Crippen molar-refractivity contribution in [2.45, 2.75) is 6.54 Å². The topological polar surface area (TPSA) is 30.2 Å². The highest BCUT2D eigenvalue weighted by Gasteiger charge is 2.09. The molecule has 1 radical (unpaired) electrons. The standard InChI is InChI=1S/C10H14N3/c1-2-10(8-12-3-1)9-13-6-4-11-5-7-13/h1-3,8H,4-7,9H2. The molecule has 0 spiro atoms. The number of nitrogens with zero attached hydrogens (tertiary/aromatic N) is 3. The molecule has 1 aliphatic heterocycles. The largest absolute Gasteiger partial charge is 0.296 e. The van der Waals surface area contributed by atoms with E-state index in [1.165, 1.54) is 5.56 Å². The first-order chi connectivity index (χ1) is 6.45. The Balaban J connectivity index is 1.90. The van der Waals surface area contributed by atoms with Gasteiger partial charge in [0.15, 0.2) is 0 Å². The van der Waals surface area contributed by atoms with E-state index in [4.69, 9.17) is 0 Å². The Kier molecular flexibility index (Phi) is 2.90. The van der Waals surface area contributed by atoms with Crippen LogP contribution in [0.1, 0.15) is 5.56 Å². The van der Waals surface area contributed by atoms with Gasteiger partial charge in [0.2, 0.25) is 0 Å². The number of piperazine rings is 1. The van der Waals surface area contributed by atoms with Gasteiger partial charge in [0.05, 0.1) is 0 Å². The van der Waals surface area contributed by atoms with Gasteiger partial charge in [0.1, 0.15) is 0 Å². The maximum atomic E-state index is 4.31. The lowest BCUT2D eigenvalue weighted by Gasteiger charge is -2.25. The summed E-state index contributed by atoms with van der Waals surface area (Å²) in [6.07, 6.45) is 3.75. The van der Waals surface area contributed by atoms with E-state index in [9.17, 15) is 0 Å². The molecule has 1 aromatic rings. The highest BCUT2D eigenvalue weighted by Crippen LogP contribution is 2.03. The summed E-state index contributed by atoms with van der Waals surface area (Å²) in [7, 11) is 0. The van der Waals surface area contributed by atoms with Gasteiger partial charge in [-0.1, -0.05) is 6.07 Å². The minimum Gasteiger partial charge on any atom is -0.296 e. The van der Waals surface area contributed by atoms with Crippen molar-refractivity contribution < 1.29 is 0 Å². The number of hydrogen-bond acceptors (Lipinski definition) is 2. The van der Waals surface area contributed by atoms with E-state index >= 15 is 0 Å². The van der Waals surface area contributed by atoms with Gasteiger partial charge in [-0.15, -0.1) is 0 Å². The van der Waals surface area contributed by atoms with E-state index in [1.807, 2.05) is 18.5 Å². The van der Waals surface area contributed by atoms with Crippen LogP contribution >= 0.6 is 0 Å². The zero-order valence-corrected chi connectivity index (χ0v) is 7.69. The first-order valence-corrected chi connectivity index (χ1v) is 4.70. The minimum atomic E-state index is 0.986. The van der Waals surface area contributed by atoms with Crippen molar-refractivity contribution in [2.24, 2.45) is 0 Å². The van der Waals surface area contributed by atoms with Crippen molar-refractivity contribution in [3.8, 4) is 0 Å². The summed E-state index contributed by atoms with van der Waals surface area (Å²) in [6.45, 7) is 5.17. The third-order valence-electron chi connectivity index (χ3n) is 2.28. The van der Waals surface area contributed by atoms with Crippen LogP contribution in [0.3, 0.4) is 0 Å². The summed E-state index contributed by atoms with van der Waals surface area (Å²) in [5.74, 6) is 0. The molecule has 1 aliphatic rings. The lowest BCUT2D eigenvalue weighted by molar-refractivity contribution is 0.230. The normalized spacial score (nSPS) is 18.8. The summed E-state index contributed by atoms with van der Waals surface area (Å²) in [5, 5.41) is 4.31. The summed E-state index contributed by atoms with van der Waals surface area (Å²) < 4.78 is 0. The lowest BCUT2D eigenvalue weighted by Crippen LogP contribution is -2.39. The zero-order valence-electron chi connectivity index (χ0n) is 7.69. The Morgan fingerprint density at radius 3 is 2.85 bits per heavy atom. The first-order valence-electron chi connectivity index (χ1n) is 4.70. The summed E-state index contributed by atoms with van der Waals surface area (Å²) in [4.78, 5) is 6.52. The van der Waals surface area contributed by atoms with E-state index < -0.39 is 0 Å². The maximum Gasteiger partial charge on any atom is 0.0312 e. The number of pyridine rings is 1. The van der Waals surface area contributed by atoms with Gasteiger partial charge in [-0.2, -0.15) is 0 Å². The van der Waals surface area contributed by atoms with Crippen molar-refractivity contribution in [3.05, 3.63) is 30.1 Å². The molecule has 0 aliphatic carbocycles. The molecule has 1 fully saturated rings. The van der Waals surface area contributed by atoms with E-state index in [2.05, 4.69) is 21.3 Å². The van der Waals surface area contributed by atoms with Crippen LogP contribution < -0.4 is 5.32 Å². The van der Waals surface area contributed by atoms with Crippen molar-refractivity contribution >= 4 is 0 Å². The first kappa shape index (κ1) is 8.66. The highest BCUT2D eigenvalue weighted by molar-refractivity contribution is 5.08. The summed E-state index contributed by atoms with van der Waals surface area (Å²) in [6, 6.07) is 4.11. The quantitative estimate of drug-likeness (QED) is 0.657. The second kappa shape index (κ2) is 4.35. The van der Waals surface area contributed by atoms with E-state index in [0.29, 0.717) is 0 Å². The monoisotopic (exact) mass is 176 g/mol. The molecule has 2 heterocycles. The van der Waals surface area contributed by atoms with E-state index in [0.717, 1.165) is 32.7 Å². The Bertz CT molecular complexity index is 242. The fraction of sp³-hybridized carbons (Fsp3) is 0.500. The maximum absolute atomic E-state index is 4.31. The number of aromatic nitrogens is 1. The molecule has 3 nitrogen and oxygen atoms in total. The van der Waals surface area contributed by atoms with E-state index in [1.54, 1.807) is 0 Å². The molecule has 13 heavy (non-hydrogen) atoms. The van der Waals surface area contributed by atoms with Gasteiger partial charge in [-0.25, -0.2) is 5.32 Å². The molecule has 0 bridgehead atoms. The molecule has 1 saturated heterocycles. The Morgan fingerprint density at radius 2 is 2.15 bits per heavy atom. The minimum absolute atomic E-state index is 0.986. The highest BCUT2D eigenvalue weighted by atomic mass is 15.2. The Morgan fingerprint density at radius 1 is 1.31 bits per heavy atom. The van der Waals surface area contributed by atoms with Crippen LogP contribution in [-0.4, -0.2) is 36.1 Å². The molecule has 0 aromatic carbocycles. The van der Waals surface area contributed by atoms with E-state index in [-0.39, 0.29) is 0 Å². The molecule has 0 N–H and O–H groups in total. The van der Waals surface area contributed by atoms with Crippen molar-refractivity contribution in [1.82, 2.24) is 15.2 Å². The van der Waals surface area contributed by atoms with Crippen LogP contribution in [0.4, 0.5) is 0 Å². The predicted octanol–water partition coefficient (Wildman–Crippen LogP) is 0.502. The molecular weight excluding hydrogens is 162 g/mol. The molecule has 0 atom stereocenters. The summed E-state index contributed by atoms with van der Waals surface area (Å²) in [5.41, 5.74) is 1.30. The van der Waals surface area contributed by atoms with Crippen LogP contribution in [-0.2, 0) is 6.54 Å². The molecule has 69 valence electrons. The van der Waals surface area contributed by atoms with Crippen molar-refractivity contribution in [2.75, 3.05) is 26.2 Å². The van der Waals surface area contributed by atoms with Gasteiger partial charge < -0.3 is 0 Å². The van der Waals surface area contributed by atoms with Crippen molar-refractivity contribution in [1.29, 1.82) is 0 Å². The number of hydrogen-bond donors (Lipinski definition) is 0. The second-order valence-electron chi connectivity index (χ2n) is 3.31. The summed E-state index contributed by atoms with van der Waals surface area (Å²) >= 11 is 0. The SMILES string of the molecule is c1cncc(CN2CC[N]CC2)c1. The number of rotatable bonds is 2. The van der Waals surface area contributed by atoms with Gasteiger partial charge in [-0.05, 0) is 11.6 Å². The van der Waals surface area contributed by atoms with Crippen LogP contribution in [0, 0.1) is 0 Å². The van der Waals surface area contributed by atoms with Crippen LogP contribution in [0.2, 0.25) is 0 Å². The Hall–Kier alpha value is -0.930. The zero-order chi connectivity index (χ0) is 8.93. The van der Waals surface area contributed by atoms with Crippen molar-refractivity contribution in [3.63, 3.8) is 0 Å². The molecular formula is C10H14N3. The average Bonchev–Trinajstić information content (AvgIpc) is 2.21. The third-order valence-corrected chi connectivity index (χ3v) is 2.28. The lowest BCUT2D eigenvalue weighted by atomic mass is 10.2. The van der Waals surface area contributed by atoms with Gasteiger partial charge >= 0.3 is 0 Å². The Labute approximate surface area is 78.8 Å². The van der Waals surface area contributed by atoms with Crippen LogP contribution in [0.5, 0.6) is 0 Å². The molecule has 0 saturated carbocycles. The van der Waals surface area contributed by atoms with Gasteiger partial charge in [0, 0.05) is 45.1 Å². The fourth-order valence-electron chi connectivity index (χ4n) is 1.56. The smallest absolute Gasteiger partial charge is 0.0312 e.